The van der Waals surface area contributed by atoms with Gasteiger partial charge in [0.2, 0.25) is 5.13 Å². The highest BCUT2D eigenvalue weighted by molar-refractivity contribution is 7.13. The molecule has 2 aromatic rings. The van der Waals surface area contributed by atoms with Crippen molar-refractivity contribution in [3.63, 3.8) is 0 Å². The van der Waals surface area contributed by atoms with Gasteiger partial charge in [0.05, 0.1) is 6.21 Å². The normalized spacial score (nSPS) is 10.7. The van der Waals surface area contributed by atoms with E-state index in [9.17, 15) is 0 Å². The number of rotatable bonds is 4. The monoisotopic (exact) mass is 246 g/mol. The quantitative estimate of drug-likeness (QED) is 0.666. The second-order valence-electron chi connectivity index (χ2n) is 3.69. The van der Waals surface area contributed by atoms with Gasteiger partial charge in [0, 0.05) is 31.4 Å². The van der Waals surface area contributed by atoms with E-state index in [1.54, 1.807) is 12.4 Å². The molecule has 88 valence electrons. The molecule has 0 amide bonds. The van der Waals surface area contributed by atoms with Crippen LogP contribution < -0.4 is 10.3 Å². The third kappa shape index (κ3) is 3.29. The number of benzene rings is 1. The number of hydrazone groups is 1. The van der Waals surface area contributed by atoms with Crippen molar-refractivity contribution in [1.29, 1.82) is 0 Å². The van der Waals surface area contributed by atoms with Gasteiger partial charge >= 0.3 is 0 Å². The van der Waals surface area contributed by atoms with Gasteiger partial charge in [-0.05, 0) is 17.7 Å². The summed E-state index contributed by atoms with van der Waals surface area (Å²) in [6.45, 7) is 0. The summed E-state index contributed by atoms with van der Waals surface area (Å²) in [5.74, 6) is 0. The lowest BCUT2D eigenvalue weighted by molar-refractivity contribution is 1.13. The molecule has 1 aromatic carbocycles. The highest BCUT2D eigenvalue weighted by atomic mass is 32.1. The van der Waals surface area contributed by atoms with Crippen LogP contribution >= 0.6 is 11.3 Å². The molecule has 0 bridgehead atoms. The van der Waals surface area contributed by atoms with E-state index < -0.39 is 0 Å². The van der Waals surface area contributed by atoms with Crippen LogP contribution in [0, 0.1) is 0 Å². The van der Waals surface area contributed by atoms with Crippen LogP contribution in [0.15, 0.2) is 40.9 Å². The zero-order valence-electron chi connectivity index (χ0n) is 9.79. The first kappa shape index (κ1) is 11.6. The standard InChI is InChI=1S/C12H14N4S/c1-16(2)11-5-3-10(4-6-11)9-14-15-12-13-7-8-17-12/h3-9H,1-2H3,(H,13,15)/b14-9-. The Morgan fingerprint density at radius 3 is 2.65 bits per heavy atom. The molecule has 0 saturated carbocycles. The minimum absolute atomic E-state index is 0.797. The highest BCUT2D eigenvalue weighted by Crippen LogP contribution is 2.12. The number of anilines is 2. The maximum atomic E-state index is 4.12. The van der Waals surface area contributed by atoms with Crippen molar-refractivity contribution in [3.05, 3.63) is 41.4 Å². The average molecular weight is 246 g/mol. The predicted octanol–water partition coefficient (Wildman–Crippen LogP) is 2.66. The molecular weight excluding hydrogens is 232 g/mol. The van der Waals surface area contributed by atoms with Crippen LogP contribution in [0.25, 0.3) is 0 Å². The van der Waals surface area contributed by atoms with E-state index in [2.05, 4.69) is 32.5 Å². The van der Waals surface area contributed by atoms with E-state index >= 15 is 0 Å². The first-order chi connectivity index (χ1) is 8.25. The van der Waals surface area contributed by atoms with Gasteiger partial charge in [0.25, 0.3) is 0 Å². The summed E-state index contributed by atoms with van der Waals surface area (Å²) in [6, 6.07) is 8.18. The van der Waals surface area contributed by atoms with Crippen molar-refractivity contribution in [2.45, 2.75) is 0 Å². The summed E-state index contributed by atoms with van der Waals surface area (Å²) in [7, 11) is 4.04. The van der Waals surface area contributed by atoms with Crippen LogP contribution in [0.2, 0.25) is 0 Å². The summed E-state index contributed by atoms with van der Waals surface area (Å²) in [5, 5.41) is 6.82. The van der Waals surface area contributed by atoms with Gasteiger partial charge in [-0.15, -0.1) is 11.3 Å². The Labute approximate surface area is 105 Å². The van der Waals surface area contributed by atoms with Crippen LogP contribution in [0.4, 0.5) is 10.8 Å². The van der Waals surface area contributed by atoms with Crippen molar-refractivity contribution < 1.29 is 0 Å². The molecule has 17 heavy (non-hydrogen) atoms. The minimum atomic E-state index is 0.797. The summed E-state index contributed by atoms with van der Waals surface area (Å²) in [6.07, 6.45) is 3.52. The van der Waals surface area contributed by atoms with Gasteiger partial charge in [-0.2, -0.15) is 5.10 Å². The molecule has 1 heterocycles. The fourth-order valence-corrected chi connectivity index (χ4v) is 1.78. The SMILES string of the molecule is CN(C)c1ccc(/C=N\Nc2nccs2)cc1. The molecule has 0 aliphatic carbocycles. The molecule has 0 atom stereocenters. The van der Waals surface area contributed by atoms with E-state index in [0.29, 0.717) is 0 Å². The lowest BCUT2D eigenvalue weighted by Gasteiger charge is -2.11. The van der Waals surface area contributed by atoms with Crippen molar-refractivity contribution in [3.8, 4) is 0 Å². The van der Waals surface area contributed by atoms with Crippen LogP contribution in [0.3, 0.4) is 0 Å². The largest absolute Gasteiger partial charge is 0.378 e. The molecule has 1 N–H and O–H groups in total. The number of nitrogens with one attached hydrogen (secondary N) is 1. The first-order valence-corrected chi connectivity index (χ1v) is 6.09. The number of hydrogen-bond donors (Lipinski definition) is 1. The zero-order valence-corrected chi connectivity index (χ0v) is 10.6. The van der Waals surface area contributed by atoms with E-state index in [0.717, 1.165) is 10.7 Å². The maximum absolute atomic E-state index is 4.12. The number of nitrogens with zero attached hydrogens (tertiary/aromatic N) is 3. The van der Waals surface area contributed by atoms with E-state index in [1.165, 1.54) is 17.0 Å². The summed E-state index contributed by atoms with van der Waals surface area (Å²) >= 11 is 1.52. The van der Waals surface area contributed by atoms with Gasteiger partial charge in [0.1, 0.15) is 0 Å². The Kier molecular flexibility index (Phi) is 3.72. The van der Waals surface area contributed by atoms with Crippen LogP contribution in [-0.2, 0) is 0 Å². The fourth-order valence-electron chi connectivity index (χ4n) is 1.30. The molecule has 5 heteroatoms. The fraction of sp³-hybridized carbons (Fsp3) is 0.167. The zero-order chi connectivity index (χ0) is 12.1. The lowest BCUT2D eigenvalue weighted by Crippen LogP contribution is -2.08. The maximum Gasteiger partial charge on any atom is 0.203 e. The minimum Gasteiger partial charge on any atom is -0.378 e. The van der Waals surface area contributed by atoms with Crippen molar-refractivity contribution in [2.75, 3.05) is 24.4 Å². The number of aromatic nitrogens is 1. The average Bonchev–Trinajstić information content (AvgIpc) is 2.83. The molecule has 0 radical (unpaired) electrons. The summed E-state index contributed by atoms with van der Waals surface area (Å²) < 4.78 is 0. The molecule has 0 aliphatic rings. The Hall–Kier alpha value is -1.88. The van der Waals surface area contributed by atoms with Gasteiger partial charge in [0.15, 0.2) is 0 Å². The molecule has 0 saturated heterocycles. The third-order valence-electron chi connectivity index (χ3n) is 2.22. The van der Waals surface area contributed by atoms with Crippen molar-refractivity contribution in [2.24, 2.45) is 5.10 Å². The van der Waals surface area contributed by atoms with Gasteiger partial charge in [-0.3, -0.25) is 5.43 Å². The predicted molar refractivity (Wildman–Crippen MR) is 74.1 cm³/mol. The molecule has 0 unspecified atom stereocenters. The molecule has 0 aliphatic heterocycles. The number of hydrogen-bond acceptors (Lipinski definition) is 5. The Balaban J connectivity index is 1.96. The van der Waals surface area contributed by atoms with Crippen molar-refractivity contribution in [1.82, 2.24) is 4.98 Å². The van der Waals surface area contributed by atoms with Crippen molar-refractivity contribution >= 4 is 28.4 Å². The summed E-state index contributed by atoms with van der Waals surface area (Å²) in [5.41, 5.74) is 5.11. The van der Waals surface area contributed by atoms with Crippen LogP contribution in [0.5, 0.6) is 0 Å². The highest BCUT2D eigenvalue weighted by Gasteiger charge is 1.94. The second-order valence-corrected chi connectivity index (χ2v) is 4.59. The van der Waals surface area contributed by atoms with E-state index in [4.69, 9.17) is 0 Å². The molecule has 0 fully saturated rings. The smallest absolute Gasteiger partial charge is 0.203 e. The molecular formula is C12H14N4S. The molecule has 2 rings (SSSR count). The Bertz CT molecular complexity index is 474. The topological polar surface area (TPSA) is 40.5 Å². The Morgan fingerprint density at radius 2 is 2.06 bits per heavy atom. The van der Waals surface area contributed by atoms with E-state index in [-0.39, 0.29) is 0 Å². The molecule has 0 spiro atoms. The third-order valence-corrected chi connectivity index (χ3v) is 2.89. The van der Waals surface area contributed by atoms with Gasteiger partial charge in [-0.1, -0.05) is 12.1 Å². The number of thiazole rings is 1. The molecule has 1 aromatic heterocycles. The first-order valence-electron chi connectivity index (χ1n) is 5.21. The Morgan fingerprint density at radius 1 is 1.29 bits per heavy atom. The molecule has 4 nitrogen and oxygen atoms in total. The second kappa shape index (κ2) is 5.45. The van der Waals surface area contributed by atoms with E-state index in [1.807, 2.05) is 31.6 Å². The summed E-state index contributed by atoms with van der Waals surface area (Å²) in [4.78, 5) is 6.14. The van der Waals surface area contributed by atoms with Gasteiger partial charge < -0.3 is 4.90 Å². The lowest BCUT2D eigenvalue weighted by atomic mass is 10.2. The van der Waals surface area contributed by atoms with Crippen LogP contribution in [-0.4, -0.2) is 25.3 Å². The van der Waals surface area contributed by atoms with Crippen LogP contribution in [0.1, 0.15) is 5.56 Å². The van der Waals surface area contributed by atoms with Gasteiger partial charge in [-0.25, -0.2) is 4.98 Å².